The fourth-order valence-electron chi connectivity index (χ4n) is 2.57. The van der Waals surface area contributed by atoms with E-state index in [-0.39, 0.29) is 18.4 Å². The minimum absolute atomic E-state index is 0.100. The van der Waals surface area contributed by atoms with E-state index in [1.807, 2.05) is 24.3 Å². The van der Waals surface area contributed by atoms with Gasteiger partial charge in [0.1, 0.15) is 0 Å². The minimum atomic E-state index is -3.22. The van der Waals surface area contributed by atoms with Crippen molar-refractivity contribution in [2.45, 2.75) is 26.2 Å². The second-order valence-electron chi connectivity index (χ2n) is 5.50. The summed E-state index contributed by atoms with van der Waals surface area (Å²) in [5, 5.41) is 2.90. The molecule has 0 bridgehead atoms. The van der Waals surface area contributed by atoms with Gasteiger partial charge in [-0.2, -0.15) is 0 Å². The summed E-state index contributed by atoms with van der Waals surface area (Å²) in [6.45, 7) is 2.85. The van der Waals surface area contributed by atoms with E-state index in [0.717, 1.165) is 30.5 Å². The molecule has 1 atom stereocenters. The van der Waals surface area contributed by atoms with Gasteiger partial charge < -0.3 is 5.32 Å². The zero-order chi connectivity index (χ0) is 15.5. The lowest BCUT2D eigenvalue weighted by Crippen LogP contribution is -2.43. The molecule has 116 valence electrons. The van der Waals surface area contributed by atoms with Crippen molar-refractivity contribution >= 4 is 21.6 Å². The van der Waals surface area contributed by atoms with Crippen LogP contribution in [-0.4, -0.2) is 38.0 Å². The Kier molecular flexibility index (Phi) is 5.00. The highest BCUT2D eigenvalue weighted by molar-refractivity contribution is 7.88. The molecule has 1 aromatic carbocycles. The van der Waals surface area contributed by atoms with Crippen LogP contribution >= 0.6 is 0 Å². The Hall–Kier alpha value is -1.40. The van der Waals surface area contributed by atoms with E-state index in [9.17, 15) is 13.2 Å². The van der Waals surface area contributed by atoms with Gasteiger partial charge in [-0.05, 0) is 37.0 Å². The molecule has 2 rings (SSSR count). The number of nitrogens with one attached hydrogen (secondary N) is 1. The van der Waals surface area contributed by atoms with E-state index in [2.05, 4.69) is 12.2 Å². The van der Waals surface area contributed by atoms with Crippen LogP contribution in [0.15, 0.2) is 24.3 Å². The number of carbonyl (C=O) groups is 1. The summed E-state index contributed by atoms with van der Waals surface area (Å²) in [5.41, 5.74) is 1.94. The number of amides is 1. The summed E-state index contributed by atoms with van der Waals surface area (Å²) in [4.78, 5) is 12.3. The Morgan fingerprint density at radius 3 is 2.86 bits per heavy atom. The van der Waals surface area contributed by atoms with Crippen LogP contribution in [0.25, 0.3) is 0 Å². The van der Waals surface area contributed by atoms with Gasteiger partial charge in [-0.1, -0.05) is 19.1 Å². The zero-order valence-corrected chi connectivity index (χ0v) is 13.3. The van der Waals surface area contributed by atoms with Crippen LogP contribution in [-0.2, 0) is 21.2 Å². The molecule has 1 heterocycles. The molecule has 1 fully saturated rings. The van der Waals surface area contributed by atoms with E-state index in [1.54, 1.807) is 0 Å². The summed E-state index contributed by atoms with van der Waals surface area (Å²) in [7, 11) is -3.22. The number of rotatable bonds is 4. The number of nitrogens with zero attached hydrogens (tertiary/aromatic N) is 1. The monoisotopic (exact) mass is 310 g/mol. The first-order valence-electron chi connectivity index (χ1n) is 7.25. The van der Waals surface area contributed by atoms with Crippen LogP contribution < -0.4 is 5.32 Å². The molecular formula is C15H22N2O3S. The molecule has 6 heteroatoms. The first-order valence-corrected chi connectivity index (χ1v) is 9.10. The largest absolute Gasteiger partial charge is 0.326 e. The molecule has 0 unspecified atom stereocenters. The van der Waals surface area contributed by atoms with Gasteiger partial charge in [0.05, 0.1) is 12.2 Å². The highest BCUT2D eigenvalue weighted by Crippen LogP contribution is 2.21. The van der Waals surface area contributed by atoms with E-state index < -0.39 is 10.0 Å². The predicted octanol–water partition coefficient (Wildman–Crippen LogP) is 1.86. The second kappa shape index (κ2) is 6.58. The van der Waals surface area contributed by atoms with Crippen LogP contribution in [0.5, 0.6) is 0 Å². The highest BCUT2D eigenvalue weighted by atomic mass is 32.2. The molecule has 1 amide bonds. The highest BCUT2D eigenvalue weighted by Gasteiger charge is 2.30. The van der Waals surface area contributed by atoms with Crippen LogP contribution in [0.2, 0.25) is 0 Å². The smallest absolute Gasteiger partial charge is 0.228 e. The molecule has 1 aromatic rings. The molecule has 1 aliphatic heterocycles. The summed E-state index contributed by atoms with van der Waals surface area (Å²) >= 11 is 0. The van der Waals surface area contributed by atoms with Crippen LogP contribution in [0, 0.1) is 5.92 Å². The Morgan fingerprint density at radius 1 is 1.43 bits per heavy atom. The third-order valence-corrected chi connectivity index (χ3v) is 5.10. The number of carbonyl (C=O) groups excluding carboxylic acids is 1. The zero-order valence-electron chi connectivity index (χ0n) is 12.5. The van der Waals surface area contributed by atoms with Crippen LogP contribution in [0.1, 0.15) is 25.3 Å². The Labute approximate surface area is 126 Å². The molecule has 5 nitrogen and oxygen atoms in total. The fourth-order valence-corrected chi connectivity index (χ4v) is 3.48. The van der Waals surface area contributed by atoms with Crippen molar-refractivity contribution < 1.29 is 13.2 Å². The van der Waals surface area contributed by atoms with Crippen LogP contribution in [0.3, 0.4) is 0 Å². The van der Waals surface area contributed by atoms with Crippen molar-refractivity contribution in [1.29, 1.82) is 0 Å². The van der Waals surface area contributed by atoms with Crippen molar-refractivity contribution in [3.63, 3.8) is 0 Å². The van der Waals surface area contributed by atoms with Gasteiger partial charge in [-0.3, -0.25) is 4.79 Å². The van der Waals surface area contributed by atoms with E-state index in [1.165, 1.54) is 10.6 Å². The Bertz CT molecular complexity index is 613. The van der Waals surface area contributed by atoms with Crippen molar-refractivity contribution in [3.8, 4) is 0 Å². The van der Waals surface area contributed by atoms with Gasteiger partial charge in [0, 0.05) is 18.8 Å². The van der Waals surface area contributed by atoms with Gasteiger partial charge >= 0.3 is 0 Å². The molecule has 1 saturated heterocycles. The Balaban J connectivity index is 2.02. The summed E-state index contributed by atoms with van der Waals surface area (Å²) in [5.74, 6) is -0.379. The molecule has 1 N–H and O–H groups in total. The second-order valence-corrected chi connectivity index (χ2v) is 7.49. The third kappa shape index (κ3) is 4.28. The van der Waals surface area contributed by atoms with Crippen molar-refractivity contribution in [2.24, 2.45) is 5.92 Å². The maximum absolute atomic E-state index is 12.3. The number of hydrogen-bond donors (Lipinski definition) is 1. The fraction of sp³-hybridized carbons (Fsp3) is 0.533. The van der Waals surface area contributed by atoms with Gasteiger partial charge in [-0.25, -0.2) is 12.7 Å². The number of piperidine rings is 1. The lowest BCUT2D eigenvalue weighted by atomic mass is 9.98. The predicted molar refractivity (Wildman–Crippen MR) is 83.6 cm³/mol. The molecule has 0 aromatic heterocycles. The first-order chi connectivity index (χ1) is 9.90. The van der Waals surface area contributed by atoms with Gasteiger partial charge in [0.2, 0.25) is 15.9 Å². The van der Waals surface area contributed by atoms with Crippen molar-refractivity contribution in [1.82, 2.24) is 4.31 Å². The maximum Gasteiger partial charge on any atom is 0.228 e. The average molecular weight is 310 g/mol. The average Bonchev–Trinajstić information content (AvgIpc) is 2.46. The lowest BCUT2D eigenvalue weighted by Gasteiger charge is -2.30. The normalized spacial score (nSPS) is 20.2. The summed E-state index contributed by atoms with van der Waals surface area (Å²) in [6.07, 6.45) is 3.55. The molecule has 0 radical (unpaired) electrons. The molecule has 0 spiro atoms. The van der Waals surface area contributed by atoms with E-state index >= 15 is 0 Å². The Morgan fingerprint density at radius 2 is 2.19 bits per heavy atom. The van der Waals surface area contributed by atoms with Crippen molar-refractivity contribution in [2.75, 3.05) is 24.7 Å². The van der Waals surface area contributed by atoms with Crippen LogP contribution in [0.4, 0.5) is 5.69 Å². The van der Waals surface area contributed by atoms with Gasteiger partial charge in [-0.15, -0.1) is 0 Å². The topological polar surface area (TPSA) is 66.5 Å². The van der Waals surface area contributed by atoms with E-state index in [4.69, 9.17) is 0 Å². The summed E-state index contributed by atoms with van der Waals surface area (Å²) < 4.78 is 24.6. The molecule has 0 saturated carbocycles. The SMILES string of the molecule is CCc1cccc(NC(=O)[C@@H]2CCCN(S(C)(=O)=O)C2)c1. The first kappa shape index (κ1) is 16.0. The summed E-state index contributed by atoms with van der Waals surface area (Å²) in [6, 6.07) is 7.74. The van der Waals surface area contributed by atoms with Gasteiger partial charge in [0.25, 0.3) is 0 Å². The van der Waals surface area contributed by atoms with E-state index in [0.29, 0.717) is 6.54 Å². The standard InChI is InChI=1S/C15H22N2O3S/c1-3-12-6-4-8-14(10-12)16-15(18)13-7-5-9-17(11-13)21(2,19)20/h4,6,8,10,13H,3,5,7,9,11H2,1-2H3,(H,16,18)/t13-/m1/s1. The minimum Gasteiger partial charge on any atom is -0.326 e. The number of sulfonamides is 1. The maximum atomic E-state index is 12.3. The number of aryl methyl sites for hydroxylation is 1. The molecule has 21 heavy (non-hydrogen) atoms. The molecule has 1 aliphatic rings. The molecule has 0 aliphatic carbocycles. The van der Waals surface area contributed by atoms with Gasteiger partial charge in [0.15, 0.2) is 0 Å². The number of benzene rings is 1. The van der Waals surface area contributed by atoms with Crippen molar-refractivity contribution in [3.05, 3.63) is 29.8 Å². The molecular weight excluding hydrogens is 288 g/mol. The quantitative estimate of drug-likeness (QED) is 0.923. The third-order valence-electron chi connectivity index (χ3n) is 3.83. The number of hydrogen-bond acceptors (Lipinski definition) is 3. The number of anilines is 1. The lowest BCUT2D eigenvalue weighted by molar-refractivity contribution is -0.120.